The normalized spacial score (nSPS) is 10.6. The first-order valence-corrected chi connectivity index (χ1v) is 7.87. The Labute approximate surface area is 141 Å². The molecule has 0 saturated carbocycles. The summed E-state index contributed by atoms with van der Waals surface area (Å²) < 4.78 is 0. The number of hydrogen-bond donors (Lipinski definition) is 3. The van der Waals surface area contributed by atoms with E-state index in [9.17, 15) is 9.90 Å². The fourth-order valence-corrected chi connectivity index (χ4v) is 2.27. The van der Waals surface area contributed by atoms with Crippen LogP contribution in [-0.4, -0.2) is 30.4 Å². The predicted octanol–water partition coefficient (Wildman–Crippen LogP) is 3.39. The van der Waals surface area contributed by atoms with Crippen LogP contribution in [0.5, 0.6) is 5.75 Å². The van der Waals surface area contributed by atoms with Gasteiger partial charge in [-0.3, -0.25) is 0 Å². The number of phenols is 1. The van der Waals surface area contributed by atoms with Crippen molar-refractivity contribution in [2.45, 2.75) is 13.8 Å². The van der Waals surface area contributed by atoms with Crippen molar-refractivity contribution in [1.29, 1.82) is 0 Å². The zero-order valence-corrected chi connectivity index (χ0v) is 13.9. The molecule has 0 atom stereocenters. The minimum absolute atomic E-state index is 0.119. The van der Waals surface area contributed by atoms with Crippen molar-refractivity contribution in [3.05, 3.63) is 54.1 Å². The van der Waals surface area contributed by atoms with Crippen molar-refractivity contribution in [3.63, 3.8) is 0 Å². The third-order valence-electron chi connectivity index (χ3n) is 3.54. The van der Waals surface area contributed by atoms with Crippen LogP contribution in [0.4, 0.5) is 16.2 Å². The van der Waals surface area contributed by atoms with E-state index in [1.807, 2.05) is 24.3 Å². The standard InChI is InChI=1S/C18H22N4O2/c1-3-22(4-2)16-11-10-14(17(23)12-16)13-19-21-18(24)20-15-8-6-5-7-9-15/h5-13,23H,3-4H2,1-2H3,(H2,20,21,24)/b19-13-. The summed E-state index contributed by atoms with van der Waals surface area (Å²) in [4.78, 5) is 13.8. The first-order chi connectivity index (χ1) is 11.6. The van der Waals surface area contributed by atoms with Crippen LogP contribution in [0, 0.1) is 0 Å². The smallest absolute Gasteiger partial charge is 0.339 e. The van der Waals surface area contributed by atoms with E-state index >= 15 is 0 Å². The second-order valence-corrected chi connectivity index (χ2v) is 5.11. The number of carbonyl (C=O) groups is 1. The van der Waals surface area contributed by atoms with Crippen LogP contribution in [0.2, 0.25) is 0 Å². The fourth-order valence-electron chi connectivity index (χ4n) is 2.27. The molecule has 24 heavy (non-hydrogen) atoms. The van der Waals surface area contributed by atoms with Crippen molar-refractivity contribution in [2.24, 2.45) is 5.10 Å². The van der Waals surface area contributed by atoms with Gasteiger partial charge in [0.2, 0.25) is 0 Å². The van der Waals surface area contributed by atoms with E-state index in [1.54, 1.807) is 24.3 Å². The number of benzene rings is 2. The number of aromatic hydroxyl groups is 1. The molecule has 3 N–H and O–H groups in total. The molecule has 0 radical (unpaired) electrons. The SMILES string of the molecule is CCN(CC)c1ccc(/C=N\NC(=O)Nc2ccccc2)c(O)c1. The number of hydrogen-bond acceptors (Lipinski definition) is 4. The van der Waals surface area contributed by atoms with Crippen LogP contribution in [0.1, 0.15) is 19.4 Å². The number of carbonyl (C=O) groups excluding carboxylic acids is 1. The first kappa shape index (κ1) is 17.3. The average Bonchev–Trinajstić information content (AvgIpc) is 2.59. The molecule has 0 aromatic heterocycles. The number of nitrogens with zero attached hydrogens (tertiary/aromatic N) is 2. The van der Waals surface area contributed by atoms with Gasteiger partial charge >= 0.3 is 6.03 Å². The number of amides is 2. The molecule has 0 unspecified atom stereocenters. The van der Waals surface area contributed by atoms with Crippen molar-refractivity contribution in [1.82, 2.24) is 5.43 Å². The van der Waals surface area contributed by atoms with Crippen molar-refractivity contribution in [2.75, 3.05) is 23.3 Å². The van der Waals surface area contributed by atoms with Gasteiger partial charge in [-0.2, -0.15) is 5.10 Å². The average molecular weight is 326 g/mol. The zero-order chi connectivity index (χ0) is 17.4. The monoisotopic (exact) mass is 326 g/mol. The van der Waals surface area contributed by atoms with Gasteiger partial charge in [0, 0.05) is 36.1 Å². The van der Waals surface area contributed by atoms with E-state index in [0.29, 0.717) is 11.3 Å². The molecule has 6 heteroatoms. The van der Waals surface area contributed by atoms with E-state index in [-0.39, 0.29) is 5.75 Å². The summed E-state index contributed by atoms with van der Waals surface area (Å²) >= 11 is 0. The molecule has 0 aliphatic heterocycles. The highest BCUT2D eigenvalue weighted by Crippen LogP contribution is 2.23. The summed E-state index contributed by atoms with van der Waals surface area (Å²) in [6.45, 7) is 5.85. The molecule has 126 valence electrons. The first-order valence-electron chi connectivity index (χ1n) is 7.87. The zero-order valence-electron chi connectivity index (χ0n) is 13.9. The maximum absolute atomic E-state index is 11.7. The van der Waals surface area contributed by atoms with Crippen LogP contribution >= 0.6 is 0 Å². The van der Waals surface area contributed by atoms with Gasteiger partial charge < -0.3 is 15.3 Å². The van der Waals surface area contributed by atoms with Crippen LogP contribution in [0.25, 0.3) is 0 Å². The lowest BCUT2D eigenvalue weighted by Gasteiger charge is -2.21. The number of urea groups is 1. The quantitative estimate of drug-likeness (QED) is 0.562. The van der Waals surface area contributed by atoms with Gasteiger partial charge in [0.05, 0.1) is 6.21 Å². The van der Waals surface area contributed by atoms with E-state index in [0.717, 1.165) is 18.8 Å². The Hall–Kier alpha value is -3.02. The summed E-state index contributed by atoms with van der Waals surface area (Å²) in [6, 6.07) is 14.0. The number of rotatable bonds is 6. The molecule has 6 nitrogen and oxygen atoms in total. The molecule has 0 aliphatic carbocycles. The van der Waals surface area contributed by atoms with Crippen molar-refractivity contribution >= 4 is 23.6 Å². The molecule has 2 rings (SSSR count). The van der Waals surface area contributed by atoms with Gasteiger partial charge in [-0.1, -0.05) is 18.2 Å². The third kappa shape index (κ3) is 4.74. The topological polar surface area (TPSA) is 77.0 Å². The van der Waals surface area contributed by atoms with Crippen molar-refractivity contribution < 1.29 is 9.90 Å². The predicted molar refractivity (Wildman–Crippen MR) is 97.9 cm³/mol. The number of phenolic OH excluding ortho intramolecular Hbond substituents is 1. The number of anilines is 2. The molecule has 2 aromatic rings. The lowest BCUT2D eigenvalue weighted by atomic mass is 10.2. The molecular weight excluding hydrogens is 304 g/mol. The Morgan fingerprint density at radius 1 is 1.17 bits per heavy atom. The van der Waals surface area contributed by atoms with Gasteiger partial charge in [0.1, 0.15) is 5.75 Å². The van der Waals surface area contributed by atoms with Crippen LogP contribution < -0.4 is 15.6 Å². The molecule has 2 aromatic carbocycles. The van der Waals surface area contributed by atoms with Gasteiger partial charge in [-0.05, 0) is 38.1 Å². The molecule has 2 amide bonds. The molecule has 0 spiro atoms. The van der Waals surface area contributed by atoms with Gasteiger partial charge in [0.15, 0.2) is 0 Å². The molecule has 0 aliphatic rings. The van der Waals surface area contributed by atoms with Crippen LogP contribution in [0.3, 0.4) is 0 Å². The third-order valence-corrected chi connectivity index (χ3v) is 3.54. The maximum atomic E-state index is 11.7. The Kier molecular flexibility index (Phi) is 6.19. The number of hydrazone groups is 1. The highest BCUT2D eigenvalue weighted by Gasteiger charge is 2.05. The van der Waals surface area contributed by atoms with E-state index in [2.05, 4.69) is 34.6 Å². The van der Waals surface area contributed by atoms with E-state index < -0.39 is 6.03 Å². The van der Waals surface area contributed by atoms with Gasteiger partial charge in [0.25, 0.3) is 0 Å². The highest BCUT2D eigenvalue weighted by atomic mass is 16.3. The molecule has 0 fully saturated rings. The fraction of sp³-hybridized carbons (Fsp3) is 0.222. The molecule has 0 heterocycles. The minimum Gasteiger partial charge on any atom is -0.507 e. The Bertz CT molecular complexity index is 697. The summed E-state index contributed by atoms with van der Waals surface area (Å²) in [5.41, 5.74) is 4.52. The Balaban J connectivity index is 1.95. The highest BCUT2D eigenvalue weighted by molar-refractivity contribution is 5.91. The second kappa shape index (κ2) is 8.57. The van der Waals surface area contributed by atoms with E-state index in [4.69, 9.17) is 0 Å². The maximum Gasteiger partial charge on any atom is 0.339 e. The lowest BCUT2D eigenvalue weighted by molar-refractivity contribution is 0.252. The largest absolute Gasteiger partial charge is 0.507 e. The Morgan fingerprint density at radius 2 is 1.88 bits per heavy atom. The summed E-state index contributed by atoms with van der Waals surface area (Å²) in [5, 5.41) is 16.6. The number of para-hydroxylation sites is 1. The summed E-state index contributed by atoms with van der Waals surface area (Å²) in [7, 11) is 0. The number of nitrogens with one attached hydrogen (secondary N) is 2. The lowest BCUT2D eigenvalue weighted by Crippen LogP contribution is -2.24. The van der Waals surface area contributed by atoms with Crippen LogP contribution in [-0.2, 0) is 0 Å². The van der Waals surface area contributed by atoms with Gasteiger partial charge in [-0.25, -0.2) is 10.2 Å². The second-order valence-electron chi connectivity index (χ2n) is 5.11. The van der Waals surface area contributed by atoms with Crippen LogP contribution in [0.15, 0.2) is 53.6 Å². The van der Waals surface area contributed by atoms with E-state index in [1.165, 1.54) is 6.21 Å². The molecule has 0 saturated heterocycles. The Morgan fingerprint density at radius 3 is 2.50 bits per heavy atom. The minimum atomic E-state index is -0.447. The summed E-state index contributed by atoms with van der Waals surface area (Å²) in [5.74, 6) is 0.119. The van der Waals surface area contributed by atoms with Gasteiger partial charge in [-0.15, -0.1) is 0 Å². The molecular formula is C18H22N4O2. The summed E-state index contributed by atoms with van der Waals surface area (Å²) in [6.07, 6.45) is 1.41. The molecule has 0 bridgehead atoms. The van der Waals surface area contributed by atoms with Crippen molar-refractivity contribution in [3.8, 4) is 5.75 Å².